The van der Waals surface area contributed by atoms with Crippen LogP contribution in [0.2, 0.25) is 5.02 Å². The Labute approximate surface area is 137 Å². The van der Waals surface area contributed by atoms with Crippen LogP contribution in [0.15, 0.2) is 47.6 Å². The van der Waals surface area contributed by atoms with Crippen molar-refractivity contribution in [2.75, 3.05) is 10.8 Å². The highest BCUT2D eigenvalue weighted by atomic mass is 35.5. The van der Waals surface area contributed by atoms with Gasteiger partial charge in [-0.2, -0.15) is 17.2 Å². The number of halogens is 3. The zero-order valence-electron chi connectivity index (χ0n) is 12.0. The van der Waals surface area contributed by atoms with Gasteiger partial charge >= 0.3 is 6.61 Å². The number of sulfonamides is 1. The summed E-state index contributed by atoms with van der Waals surface area (Å²) in [5, 5.41) is 0.0454. The molecule has 0 amide bonds. The number of pyridine rings is 1. The van der Waals surface area contributed by atoms with E-state index in [0.717, 1.165) is 4.31 Å². The predicted octanol–water partition coefficient (Wildman–Crippen LogP) is 3.55. The Morgan fingerprint density at radius 1 is 1.26 bits per heavy atom. The highest BCUT2D eigenvalue weighted by Crippen LogP contribution is 2.32. The maximum Gasteiger partial charge on any atom is 0.387 e. The van der Waals surface area contributed by atoms with Crippen LogP contribution in [0.3, 0.4) is 0 Å². The largest absolute Gasteiger partial charge is 0.433 e. The number of hydrogen-bond acceptors (Lipinski definition) is 4. The number of benzene rings is 1. The van der Waals surface area contributed by atoms with Gasteiger partial charge < -0.3 is 4.74 Å². The van der Waals surface area contributed by atoms with Gasteiger partial charge in [-0.05, 0) is 31.2 Å². The second-order valence-electron chi connectivity index (χ2n) is 4.33. The van der Waals surface area contributed by atoms with Crippen molar-refractivity contribution in [2.24, 2.45) is 0 Å². The lowest BCUT2D eigenvalue weighted by Crippen LogP contribution is -2.32. The zero-order valence-corrected chi connectivity index (χ0v) is 13.6. The number of rotatable bonds is 6. The van der Waals surface area contributed by atoms with Crippen LogP contribution in [-0.2, 0) is 10.0 Å². The number of alkyl halides is 2. The fourth-order valence-corrected chi connectivity index (χ4v) is 3.47. The molecule has 5 nitrogen and oxygen atoms in total. The summed E-state index contributed by atoms with van der Waals surface area (Å²) in [6.45, 7) is -1.48. The van der Waals surface area contributed by atoms with Gasteiger partial charge in [0.05, 0.1) is 10.7 Å². The summed E-state index contributed by atoms with van der Waals surface area (Å²) in [5.41, 5.74) is 0.00653. The van der Waals surface area contributed by atoms with Crippen LogP contribution in [0.25, 0.3) is 0 Å². The van der Waals surface area contributed by atoms with E-state index in [4.69, 9.17) is 11.6 Å². The van der Waals surface area contributed by atoms with Crippen molar-refractivity contribution in [2.45, 2.75) is 18.6 Å². The highest BCUT2D eigenvalue weighted by molar-refractivity contribution is 7.92. The lowest BCUT2D eigenvalue weighted by atomic mass is 10.3. The molecule has 0 N–H and O–H groups in total. The Balaban J connectivity index is 2.49. The number of nitrogens with zero attached hydrogens (tertiary/aromatic N) is 2. The van der Waals surface area contributed by atoms with Crippen LogP contribution in [-0.4, -0.2) is 26.6 Å². The van der Waals surface area contributed by atoms with E-state index < -0.39 is 16.6 Å². The minimum Gasteiger partial charge on any atom is -0.433 e. The third kappa shape index (κ3) is 3.89. The van der Waals surface area contributed by atoms with E-state index in [9.17, 15) is 17.2 Å². The van der Waals surface area contributed by atoms with Crippen molar-refractivity contribution >= 4 is 27.3 Å². The van der Waals surface area contributed by atoms with Crippen molar-refractivity contribution in [3.63, 3.8) is 0 Å². The molecule has 2 aromatic rings. The second-order valence-corrected chi connectivity index (χ2v) is 6.58. The number of ether oxygens (including phenoxy) is 1. The van der Waals surface area contributed by atoms with Gasteiger partial charge in [-0.15, -0.1) is 0 Å². The Morgan fingerprint density at radius 3 is 2.52 bits per heavy atom. The van der Waals surface area contributed by atoms with E-state index in [2.05, 4.69) is 9.72 Å². The zero-order chi connectivity index (χ0) is 17.0. The summed E-state index contributed by atoms with van der Waals surface area (Å²) in [7, 11) is -4.04. The first-order valence-corrected chi connectivity index (χ1v) is 8.36. The third-order valence-corrected chi connectivity index (χ3v) is 4.92. The lowest BCUT2D eigenvalue weighted by Gasteiger charge is -2.24. The molecule has 124 valence electrons. The van der Waals surface area contributed by atoms with Crippen molar-refractivity contribution < 1.29 is 21.9 Å². The number of aromatic nitrogens is 1. The van der Waals surface area contributed by atoms with E-state index in [1.165, 1.54) is 42.6 Å². The summed E-state index contributed by atoms with van der Waals surface area (Å²) in [4.78, 5) is 3.78. The van der Waals surface area contributed by atoms with Gasteiger partial charge in [0.25, 0.3) is 10.0 Å². The van der Waals surface area contributed by atoms with E-state index in [1.807, 2.05) is 0 Å². The first-order chi connectivity index (χ1) is 10.9. The molecule has 1 heterocycles. The molecule has 0 aliphatic heterocycles. The summed E-state index contributed by atoms with van der Waals surface area (Å²) in [6, 6.07) is 8.29. The maximum absolute atomic E-state index is 12.7. The third-order valence-electron chi connectivity index (χ3n) is 2.89. The number of hydrogen-bond donors (Lipinski definition) is 0. The van der Waals surface area contributed by atoms with Crippen LogP contribution in [0, 0.1) is 0 Å². The smallest absolute Gasteiger partial charge is 0.387 e. The molecule has 9 heteroatoms. The van der Waals surface area contributed by atoms with Gasteiger partial charge in [-0.25, -0.2) is 4.98 Å². The average molecular weight is 363 g/mol. The molecule has 1 aromatic carbocycles. The minimum absolute atomic E-state index is 0.00653. The van der Waals surface area contributed by atoms with Crippen molar-refractivity contribution in [1.29, 1.82) is 0 Å². The van der Waals surface area contributed by atoms with E-state index in [0.29, 0.717) is 0 Å². The molecule has 0 atom stereocenters. The Bertz CT molecular complexity index is 770. The number of para-hydroxylation sites is 2. The lowest BCUT2D eigenvalue weighted by molar-refractivity contribution is -0.0494. The van der Waals surface area contributed by atoms with E-state index in [1.54, 1.807) is 6.92 Å². The Kier molecular flexibility index (Phi) is 5.38. The van der Waals surface area contributed by atoms with Crippen LogP contribution in [0.1, 0.15) is 6.92 Å². The standard InChI is InChI=1S/C14H13ClF2N2O3S/c1-2-19(11-5-3-4-6-12(11)22-14(16)17)23(20,21)13-8-7-10(15)9-18-13/h3-9,14H,2H2,1H3. The first kappa shape index (κ1) is 17.4. The minimum atomic E-state index is -4.04. The van der Waals surface area contributed by atoms with Crippen molar-refractivity contribution in [3.05, 3.63) is 47.6 Å². The summed E-state index contributed by atoms with van der Waals surface area (Å²) < 4.78 is 55.8. The monoisotopic (exact) mass is 362 g/mol. The molecule has 0 saturated carbocycles. The highest BCUT2D eigenvalue weighted by Gasteiger charge is 2.27. The topological polar surface area (TPSA) is 59.5 Å². The Hall–Kier alpha value is -1.93. The normalized spacial score (nSPS) is 11.5. The molecular formula is C14H13ClF2N2O3S. The predicted molar refractivity (Wildman–Crippen MR) is 82.5 cm³/mol. The molecule has 1 aromatic heterocycles. The van der Waals surface area contributed by atoms with Gasteiger partial charge in [-0.3, -0.25) is 4.31 Å². The van der Waals surface area contributed by atoms with Crippen LogP contribution >= 0.6 is 11.6 Å². The van der Waals surface area contributed by atoms with Crippen LogP contribution in [0.5, 0.6) is 5.75 Å². The molecule has 2 rings (SSSR count). The van der Waals surface area contributed by atoms with Gasteiger partial charge in [0, 0.05) is 12.7 Å². The molecule has 0 aliphatic carbocycles. The summed E-state index contributed by atoms with van der Waals surface area (Å²) >= 11 is 5.70. The fourth-order valence-electron chi connectivity index (χ4n) is 1.96. The molecule has 0 saturated heterocycles. The van der Waals surface area contributed by atoms with E-state index in [-0.39, 0.29) is 28.0 Å². The summed E-state index contributed by atoms with van der Waals surface area (Å²) in [6.07, 6.45) is 1.20. The van der Waals surface area contributed by atoms with Crippen molar-refractivity contribution in [3.8, 4) is 5.75 Å². The molecule has 0 aliphatic rings. The molecule has 0 bridgehead atoms. The van der Waals surface area contributed by atoms with Gasteiger partial charge in [-0.1, -0.05) is 23.7 Å². The van der Waals surface area contributed by atoms with E-state index >= 15 is 0 Å². The van der Waals surface area contributed by atoms with Crippen LogP contribution in [0.4, 0.5) is 14.5 Å². The van der Waals surface area contributed by atoms with Crippen molar-refractivity contribution in [1.82, 2.24) is 4.98 Å². The average Bonchev–Trinajstić information content (AvgIpc) is 2.49. The van der Waals surface area contributed by atoms with Gasteiger partial charge in [0.15, 0.2) is 5.03 Å². The molecule has 0 spiro atoms. The molecule has 0 fully saturated rings. The fraction of sp³-hybridized carbons (Fsp3) is 0.214. The SMILES string of the molecule is CCN(c1ccccc1OC(F)F)S(=O)(=O)c1ccc(Cl)cn1. The number of anilines is 1. The molecule has 0 radical (unpaired) electrons. The second kappa shape index (κ2) is 7.10. The van der Waals surface area contributed by atoms with Gasteiger partial charge in [0.1, 0.15) is 5.75 Å². The molecule has 23 heavy (non-hydrogen) atoms. The van der Waals surface area contributed by atoms with Crippen LogP contribution < -0.4 is 9.04 Å². The molecule has 0 unspecified atom stereocenters. The summed E-state index contributed by atoms with van der Waals surface area (Å²) in [5.74, 6) is -0.234. The first-order valence-electron chi connectivity index (χ1n) is 6.54. The maximum atomic E-state index is 12.7. The quantitative estimate of drug-likeness (QED) is 0.788. The van der Waals surface area contributed by atoms with Gasteiger partial charge in [0.2, 0.25) is 0 Å². The Morgan fingerprint density at radius 2 is 1.96 bits per heavy atom. The molecular weight excluding hydrogens is 350 g/mol.